The topological polar surface area (TPSA) is 335 Å². The number of aliphatic hydroxyl groups excluding tert-OH is 1. The molecule has 0 aliphatic carbocycles. The van der Waals surface area contributed by atoms with Crippen LogP contribution in [0, 0.1) is 5.92 Å². The van der Waals surface area contributed by atoms with E-state index in [4.69, 9.17) is 44.8 Å². The first kappa shape index (κ1) is 31.2. The molecule has 3 aliphatic heterocycles. The van der Waals surface area contributed by atoms with E-state index in [9.17, 15) is 28.8 Å². The van der Waals surface area contributed by atoms with E-state index in [0.29, 0.717) is 0 Å². The van der Waals surface area contributed by atoms with Gasteiger partial charge < -0.3 is 41.6 Å². The number of imidazole rings is 2. The van der Waals surface area contributed by atoms with Crippen molar-refractivity contribution in [1.29, 1.82) is 0 Å². The van der Waals surface area contributed by atoms with Crippen molar-refractivity contribution < 1.29 is 51.6 Å². The quantitative estimate of drug-likeness (QED) is 0.113. The zero-order valence-electron chi connectivity index (χ0n) is 23.2. The second-order valence-electron chi connectivity index (χ2n) is 10.5. The lowest BCUT2D eigenvalue weighted by Crippen LogP contribution is -2.36. The Hall–Kier alpha value is -3.44. The van der Waals surface area contributed by atoms with Crippen molar-refractivity contribution >= 4 is 49.7 Å². The first-order valence-electron chi connectivity index (χ1n) is 13.5. The molecule has 0 spiro atoms. The summed E-state index contributed by atoms with van der Waals surface area (Å²) in [4.78, 5) is 56.4. The number of phosphoric acid groups is 2. The van der Waals surface area contributed by atoms with Crippen molar-refractivity contribution in [3.8, 4) is 0 Å². The first-order valence-corrected chi connectivity index (χ1v) is 16.5. The van der Waals surface area contributed by atoms with E-state index in [1.54, 1.807) is 0 Å². The number of nitrogen functional groups attached to an aromatic ring is 2. The summed E-state index contributed by atoms with van der Waals surface area (Å²) in [7, 11) is -10.0. The molecule has 0 saturated carbocycles. The summed E-state index contributed by atoms with van der Waals surface area (Å²) in [6.45, 7) is -1.64. The van der Waals surface area contributed by atoms with Crippen molar-refractivity contribution in [1.82, 2.24) is 39.0 Å². The van der Waals surface area contributed by atoms with E-state index < -0.39 is 83.3 Å². The van der Waals surface area contributed by atoms with Gasteiger partial charge in [-0.3, -0.25) is 37.0 Å². The van der Waals surface area contributed by atoms with Gasteiger partial charge >= 0.3 is 15.6 Å². The molecule has 248 valence electrons. The molecule has 46 heavy (non-hydrogen) atoms. The molecule has 4 aromatic rings. The molecule has 3 aliphatic rings. The highest BCUT2D eigenvalue weighted by Gasteiger charge is 2.54. The smallest absolute Gasteiger partial charge is 0.386 e. The number of aliphatic hydroxyl groups is 1. The van der Waals surface area contributed by atoms with Crippen molar-refractivity contribution in [2.75, 3.05) is 31.2 Å². The van der Waals surface area contributed by atoms with Crippen LogP contribution < -0.4 is 22.8 Å². The Balaban J connectivity index is 1.22. The van der Waals surface area contributed by atoms with E-state index in [0.717, 1.165) is 6.33 Å². The predicted molar refractivity (Wildman–Crippen MR) is 150 cm³/mol. The first-order chi connectivity index (χ1) is 21.9. The molecule has 0 aromatic carbocycles. The van der Waals surface area contributed by atoms with Crippen LogP contribution in [-0.2, 0) is 36.7 Å². The zero-order chi connectivity index (χ0) is 32.5. The van der Waals surface area contributed by atoms with Gasteiger partial charge in [-0.25, -0.2) is 29.1 Å². The van der Waals surface area contributed by atoms with Crippen LogP contribution in [0.3, 0.4) is 0 Å². The molecule has 10 atom stereocenters. The molecule has 7 rings (SSSR count). The Morgan fingerprint density at radius 3 is 2.24 bits per heavy atom. The van der Waals surface area contributed by atoms with Crippen molar-refractivity contribution in [2.45, 2.75) is 43.0 Å². The number of nitrogens with one attached hydrogen (secondary N) is 1. The van der Waals surface area contributed by atoms with E-state index in [2.05, 4.69) is 29.9 Å². The van der Waals surface area contributed by atoms with Gasteiger partial charge in [0.15, 0.2) is 35.1 Å². The van der Waals surface area contributed by atoms with Gasteiger partial charge in [0, 0.05) is 12.5 Å². The molecule has 2 unspecified atom stereocenters. The van der Waals surface area contributed by atoms with Crippen LogP contribution in [0.2, 0.25) is 0 Å². The number of phosphoric ester groups is 2. The summed E-state index contributed by atoms with van der Waals surface area (Å²) in [5.41, 5.74) is 17.1. The summed E-state index contributed by atoms with van der Waals surface area (Å²) in [6, 6.07) is 0. The molecule has 10 N–H and O–H groups in total. The standard InChI is InChI=1S/C21H27N11O12P2/c22-1-7-8-2-39-46(37,38)44-14-9(42-19(12(14)33)31-5-27-10-15(23)25-4-26-16(10)31)3-40-45(35,36)43-13(7)20(41-8)32-6-28-11-17(32)29-21(24)30-18(11)34/h4-9,12-14,19-20,33H,1-3,22H2,(H,35,36)(H,37,38)(H2,23,25,26)(H3,24,29,30,34)/t7-,8-,9-,12-,13-,14-,19-,20-/m1/s1. The van der Waals surface area contributed by atoms with E-state index in [1.165, 1.54) is 21.8 Å². The van der Waals surface area contributed by atoms with Crippen molar-refractivity contribution in [2.24, 2.45) is 11.7 Å². The minimum absolute atomic E-state index is 0.0469. The van der Waals surface area contributed by atoms with Gasteiger partial charge in [0.05, 0.1) is 32.0 Å². The normalized spacial score (nSPS) is 37.1. The highest BCUT2D eigenvalue weighted by atomic mass is 31.2. The molecule has 4 aromatic heterocycles. The minimum atomic E-state index is -5.02. The molecular formula is C21H27N11O12P2. The minimum Gasteiger partial charge on any atom is -0.386 e. The highest BCUT2D eigenvalue weighted by molar-refractivity contribution is 7.47. The molecule has 2 bridgehead atoms. The number of fused-ring (bicyclic) bond motifs is 5. The number of aromatic amines is 1. The van der Waals surface area contributed by atoms with E-state index in [1.807, 2.05) is 0 Å². The molecule has 3 saturated heterocycles. The summed E-state index contributed by atoms with van der Waals surface area (Å²) in [5, 5.41) is 11.2. The Bertz CT molecular complexity index is 1950. The average Bonchev–Trinajstić information content (AvgIpc) is 3.75. The summed E-state index contributed by atoms with van der Waals surface area (Å²) < 4.78 is 62.5. The molecule has 23 nitrogen and oxygen atoms in total. The lowest BCUT2D eigenvalue weighted by Gasteiger charge is -2.26. The largest absolute Gasteiger partial charge is 0.472 e. The maximum atomic E-state index is 13.4. The Labute approximate surface area is 255 Å². The van der Waals surface area contributed by atoms with Crippen LogP contribution in [0.1, 0.15) is 12.5 Å². The second-order valence-corrected chi connectivity index (χ2v) is 13.4. The van der Waals surface area contributed by atoms with Crippen LogP contribution in [0.15, 0.2) is 23.8 Å². The van der Waals surface area contributed by atoms with Crippen LogP contribution in [0.5, 0.6) is 0 Å². The molecular weight excluding hydrogens is 660 g/mol. The van der Waals surface area contributed by atoms with Crippen LogP contribution in [0.4, 0.5) is 11.8 Å². The fourth-order valence-corrected chi connectivity index (χ4v) is 7.61. The van der Waals surface area contributed by atoms with Crippen LogP contribution in [0.25, 0.3) is 22.3 Å². The van der Waals surface area contributed by atoms with Gasteiger partial charge in [-0.05, 0) is 0 Å². The fourth-order valence-electron chi connectivity index (χ4n) is 5.69. The van der Waals surface area contributed by atoms with Crippen molar-refractivity contribution in [3.05, 3.63) is 29.3 Å². The number of anilines is 2. The number of aromatic nitrogens is 8. The molecule has 25 heteroatoms. The van der Waals surface area contributed by atoms with Gasteiger partial charge in [0.2, 0.25) is 5.95 Å². The zero-order valence-corrected chi connectivity index (χ0v) is 25.0. The Kier molecular flexibility index (Phi) is 7.70. The maximum Gasteiger partial charge on any atom is 0.472 e. The number of rotatable bonds is 3. The summed E-state index contributed by atoms with van der Waals surface area (Å²) >= 11 is 0. The number of ether oxygens (including phenoxy) is 2. The Morgan fingerprint density at radius 1 is 0.891 bits per heavy atom. The maximum absolute atomic E-state index is 13.4. The van der Waals surface area contributed by atoms with E-state index >= 15 is 0 Å². The SMILES string of the molecule is NC[C@H]1[C@H]2OP(=O)(O)OC[C@H]3O[C@@H](n4cnc5c(N)ncnc54)[C@H](O)[C@@H]3OP(=O)(O)OC[C@H]1O[C@H]2n1cnc2c(=O)[nH]c(N)nc21. The molecule has 7 heterocycles. The number of nitrogens with two attached hydrogens (primary N) is 3. The van der Waals surface area contributed by atoms with Crippen LogP contribution in [-0.4, -0.2) is 104 Å². The number of nitrogens with zero attached hydrogens (tertiary/aromatic N) is 7. The van der Waals surface area contributed by atoms with Gasteiger partial charge in [-0.1, -0.05) is 0 Å². The molecule has 0 amide bonds. The lowest BCUT2D eigenvalue weighted by molar-refractivity contribution is -0.0671. The van der Waals surface area contributed by atoms with Gasteiger partial charge in [0.1, 0.15) is 36.3 Å². The van der Waals surface area contributed by atoms with Crippen molar-refractivity contribution in [3.63, 3.8) is 0 Å². The van der Waals surface area contributed by atoms with E-state index in [-0.39, 0.29) is 40.6 Å². The molecule has 3 fully saturated rings. The predicted octanol–water partition coefficient (Wildman–Crippen LogP) is -2.13. The fraction of sp³-hybridized carbons (Fsp3) is 0.524. The summed E-state index contributed by atoms with van der Waals surface area (Å²) in [5.74, 6) is -1.14. The summed E-state index contributed by atoms with van der Waals surface area (Å²) in [6.07, 6.45) is -6.35. The average molecular weight is 687 g/mol. The third kappa shape index (κ3) is 5.39. The number of hydrogen-bond donors (Lipinski definition) is 7. The molecule has 0 radical (unpaired) electrons. The third-order valence-electron chi connectivity index (χ3n) is 7.78. The van der Waals surface area contributed by atoms with Crippen LogP contribution >= 0.6 is 15.6 Å². The van der Waals surface area contributed by atoms with Gasteiger partial charge in [0.25, 0.3) is 5.56 Å². The Morgan fingerprint density at radius 2 is 1.52 bits per heavy atom. The lowest BCUT2D eigenvalue weighted by atomic mass is 9.99. The number of H-pyrrole nitrogens is 1. The van der Waals surface area contributed by atoms with Gasteiger partial charge in [-0.15, -0.1) is 0 Å². The third-order valence-corrected chi connectivity index (χ3v) is 9.75. The highest BCUT2D eigenvalue weighted by Crippen LogP contribution is 2.54. The monoisotopic (exact) mass is 687 g/mol. The number of hydrogen-bond acceptors (Lipinski definition) is 18. The van der Waals surface area contributed by atoms with Gasteiger partial charge in [-0.2, -0.15) is 4.98 Å². The second kappa shape index (κ2) is 11.4.